The van der Waals surface area contributed by atoms with E-state index >= 15 is 0 Å². The third kappa shape index (κ3) is 6.15. The first-order valence-corrected chi connectivity index (χ1v) is 9.80. The maximum atomic E-state index is 5.98. The van der Waals surface area contributed by atoms with Crippen molar-refractivity contribution in [1.29, 1.82) is 0 Å². The second kappa shape index (κ2) is 10.3. The molecule has 0 bridgehead atoms. The van der Waals surface area contributed by atoms with E-state index in [-0.39, 0.29) is 0 Å². The van der Waals surface area contributed by atoms with Gasteiger partial charge in [-0.15, -0.1) is 0 Å². The Kier molecular flexibility index (Phi) is 7.52. The summed E-state index contributed by atoms with van der Waals surface area (Å²) in [5, 5.41) is 6.83. The molecule has 0 aromatic heterocycles. The topological polar surface area (TPSA) is 54.9 Å². The lowest BCUT2D eigenvalue weighted by atomic mass is 10.1. The summed E-state index contributed by atoms with van der Waals surface area (Å²) in [7, 11) is 0. The Balaban J connectivity index is 1.47. The van der Waals surface area contributed by atoms with Gasteiger partial charge in [0.25, 0.3) is 0 Å². The molecular formula is C21H31N3O2. The molecule has 5 nitrogen and oxygen atoms in total. The minimum absolute atomic E-state index is 0.340. The van der Waals surface area contributed by atoms with E-state index in [9.17, 15) is 0 Å². The van der Waals surface area contributed by atoms with Crippen molar-refractivity contribution < 1.29 is 9.47 Å². The van der Waals surface area contributed by atoms with Gasteiger partial charge in [0.2, 0.25) is 0 Å². The number of ether oxygens (including phenoxy) is 2. The molecule has 1 aromatic rings. The Morgan fingerprint density at radius 3 is 2.50 bits per heavy atom. The molecule has 3 rings (SSSR count). The number of nitrogens with one attached hydrogen (secondary N) is 2. The van der Waals surface area contributed by atoms with Crippen molar-refractivity contribution in [3.63, 3.8) is 0 Å². The van der Waals surface area contributed by atoms with Crippen molar-refractivity contribution in [3.05, 3.63) is 47.5 Å². The monoisotopic (exact) mass is 357 g/mol. The molecule has 0 atom stereocenters. The standard InChI is InChI=1S/C21H31N3O2/c1-2-22-21(24-19-5-3-4-6-19)23-15-17-7-9-18(10-8-17)16-26-20-11-13-25-14-12-20/h3-4,7-10,19-20H,2,5-6,11-16H2,1H3,(H2,22,23,24). The van der Waals surface area contributed by atoms with Gasteiger partial charge in [0.15, 0.2) is 5.96 Å². The Morgan fingerprint density at radius 2 is 1.81 bits per heavy atom. The Labute approximate surface area is 156 Å². The van der Waals surface area contributed by atoms with E-state index in [2.05, 4.69) is 54.0 Å². The van der Waals surface area contributed by atoms with Crippen molar-refractivity contribution in [2.45, 2.75) is 57.9 Å². The number of aliphatic imine (C=N–C) groups is 1. The number of nitrogens with zero attached hydrogens (tertiary/aromatic N) is 1. The largest absolute Gasteiger partial charge is 0.381 e. The van der Waals surface area contributed by atoms with Gasteiger partial charge in [0, 0.05) is 25.8 Å². The van der Waals surface area contributed by atoms with Crippen LogP contribution in [0.5, 0.6) is 0 Å². The van der Waals surface area contributed by atoms with Crippen molar-refractivity contribution in [1.82, 2.24) is 10.6 Å². The van der Waals surface area contributed by atoms with Crippen molar-refractivity contribution in [2.75, 3.05) is 19.8 Å². The summed E-state index contributed by atoms with van der Waals surface area (Å²) in [4.78, 5) is 4.72. The highest BCUT2D eigenvalue weighted by molar-refractivity contribution is 5.80. The van der Waals surface area contributed by atoms with Crippen molar-refractivity contribution in [3.8, 4) is 0 Å². The van der Waals surface area contributed by atoms with Crippen molar-refractivity contribution in [2.24, 2.45) is 4.99 Å². The summed E-state index contributed by atoms with van der Waals surface area (Å²) in [6.45, 7) is 5.96. The molecule has 0 saturated carbocycles. The molecule has 2 N–H and O–H groups in total. The molecule has 1 aliphatic carbocycles. The SMILES string of the molecule is CCNC(=NCc1ccc(COC2CCOCC2)cc1)NC1CC=CC1. The van der Waals surface area contributed by atoms with E-state index in [1.165, 1.54) is 11.1 Å². The summed E-state index contributed by atoms with van der Waals surface area (Å²) >= 11 is 0. The minimum atomic E-state index is 0.340. The molecule has 0 radical (unpaired) electrons. The molecule has 1 fully saturated rings. The summed E-state index contributed by atoms with van der Waals surface area (Å²) < 4.78 is 11.3. The fourth-order valence-electron chi connectivity index (χ4n) is 3.22. The predicted octanol–water partition coefficient (Wildman–Crippen LogP) is 3.16. The molecule has 0 spiro atoms. The third-order valence-corrected chi connectivity index (χ3v) is 4.79. The fraction of sp³-hybridized carbons (Fsp3) is 0.571. The van der Waals surface area contributed by atoms with E-state index < -0.39 is 0 Å². The summed E-state index contributed by atoms with van der Waals surface area (Å²) in [6.07, 6.45) is 8.95. The van der Waals surface area contributed by atoms with Crippen LogP contribution in [0.25, 0.3) is 0 Å². The highest BCUT2D eigenvalue weighted by Crippen LogP contribution is 2.14. The number of hydrogen-bond acceptors (Lipinski definition) is 3. The van der Waals surface area contributed by atoms with Gasteiger partial charge in [-0.3, -0.25) is 0 Å². The quantitative estimate of drug-likeness (QED) is 0.447. The van der Waals surface area contributed by atoms with Gasteiger partial charge < -0.3 is 20.1 Å². The molecule has 142 valence electrons. The zero-order chi connectivity index (χ0) is 18.0. The molecule has 0 amide bonds. The average Bonchev–Trinajstić information content (AvgIpc) is 3.19. The first-order chi connectivity index (χ1) is 12.8. The molecule has 0 unspecified atom stereocenters. The van der Waals surface area contributed by atoms with Gasteiger partial charge in [0.05, 0.1) is 19.3 Å². The second-order valence-corrected chi connectivity index (χ2v) is 6.92. The van der Waals surface area contributed by atoms with Gasteiger partial charge in [0.1, 0.15) is 0 Å². The van der Waals surface area contributed by atoms with Crippen LogP contribution in [0.2, 0.25) is 0 Å². The summed E-state index contributed by atoms with van der Waals surface area (Å²) in [5.74, 6) is 0.896. The van der Waals surface area contributed by atoms with E-state index in [1.807, 2.05) is 0 Å². The zero-order valence-corrected chi connectivity index (χ0v) is 15.7. The van der Waals surface area contributed by atoms with E-state index in [4.69, 9.17) is 14.5 Å². The van der Waals surface area contributed by atoms with Crippen LogP contribution in [0.1, 0.15) is 43.7 Å². The highest BCUT2D eigenvalue weighted by Gasteiger charge is 2.14. The maximum Gasteiger partial charge on any atom is 0.191 e. The molecule has 5 heteroatoms. The summed E-state index contributed by atoms with van der Waals surface area (Å²) in [6, 6.07) is 9.05. The van der Waals surface area contributed by atoms with Crippen LogP contribution in [0.4, 0.5) is 0 Å². The van der Waals surface area contributed by atoms with Gasteiger partial charge in [-0.2, -0.15) is 0 Å². The number of guanidine groups is 1. The van der Waals surface area contributed by atoms with E-state index in [0.717, 1.165) is 51.4 Å². The Hall–Kier alpha value is -1.85. The van der Waals surface area contributed by atoms with E-state index in [0.29, 0.717) is 25.3 Å². The summed E-state index contributed by atoms with van der Waals surface area (Å²) in [5.41, 5.74) is 2.42. The number of benzene rings is 1. The smallest absolute Gasteiger partial charge is 0.191 e. The lowest BCUT2D eigenvalue weighted by Gasteiger charge is -2.22. The molecular weight excluding hydrogens is 326 g/mol. The van der Waals surface area contributed by atoms with Crippen LogP contribution in [-0.2, 0) is 22.6 Å². The molecule has 1 saturated heterocycles. The van der Waals surface area contributed by atoms with Crippen LogP contribution in [-0.4, -0.2) is 37.9 Å². The lowest BCUT2D eigenvalue weighted by molar-refractivity contribution is -0.0390. The van der Waals surface area contributed by atoms with Crippen LogP contribution < -0.4 is 10.6 Å². The lowest BCUT2D eigenvalue weighted by Crippen LogP contribution is -2.42. The van der Waals surface area contributed by atoms with Crippen LogP contribution >= 0.6 is 0 Å². The molecule has 26 heavy (non-hydrogen) atoms. The van der Waals surface area contributed by atoms with Crippen LogP contribution in [0, 0.1) is 0 Å². The fourth-order valence-corrected chi connectivity index (χ4v) is 3.22. The van der Waals surface area contributed by atoms with Gasteiger partial charge in [-0.25, -0.2) is 4.99 Å². The Morgan fingerprint density at radius 1 is 1.12 bits per heavy atom. The molecule has 1 aliphatic heterocycles. The van der Waals surface area contributed by atoms with Gasteiger partial charge >= 0.3 is 0 Å². The van der Waals surface area contributed by atoms with E-state index in [1.54, 1.807) is 0 Å². The van der Waals surface area contributed by atoms with Crippen molar-refractivity contribution >= 4 is 5.96 Å². The van der Waals surface area contributed by atoms with Gasteiger partial charge in [-0.1, -0.05) is 36.4 Å². The predicted molar refractivity (Wildman–Crippen MR) is 105 cm³/mol. The first-order valence-electron chi connectivity index (χ1n) is 9.80. The molecule has 1 heterocycles. The third-order valence-electron chi connectivity index (χ3n) is 4.79. The number of hydrogen-bond donors (Lipinski definition) is 2. The highest BCUT2D eigenvalue weighted by atomic mass is 16.5. The molecule has 1 aromatic carbocycles. The zero-order valence-electron chi connectivity index (χ0n) is 15.7. The minimum Gasteiger partial charge on any atom is -0.381 e. The Bertz CT molecular complexity index is 584. The normalized spacial score (nSPS) is 19.0. The van der Waals surface area contributed by atoms with Crippen LogP contribution in [0.15, 0.2) is 41.4 Å². The van der Waals surface area contributed by atoms with Gasteiger partial charge in [-0.05, 0) is 43.7 Å². The number of rotatable bonds is 7. The first kappa shape index (κ1) is 18.9. The maximum absolute atomic E-state index is 5.98. The average molecular weight is 357 g/mol. The van der Waals surface area contributed by atoms with Crippen LogP contribution in [0.3, 0.4) is 0 Å². The molecule has 2 aliphatic rings. The second-order valence-electron chi connectivity index (χ2n) is 6.92.